The van der Waals surface area contributed by atoms with Gasteiger partial charge in [-0.3, -0.25) is 4.99 Å². The van der Waals surface area contributed by atoms with Gasteiger partial charge >= 0.3 is 0 Å². The number of benzene rings is 2. The van der Waals surface area contributed by atoms with Crippen molar-refractivity contribution in [2.24, 2.45) is 4.99 Å². The first-order valence-electron chi connectivity index (χ1n) is 8.76. The van der Waals surface area contributed by atoms with Crippen molar-refractivity contribution >= 4 is 6.08 Å². The van der Waals surface area contributed by atoms with Gasteiger partial charge in [-0.1, -0.05) is 48.0 Å². The summed E-state index contributed by atoms with van der Waals surface area (Å²) in [6, 6.07) is 16.8. The average molecular weight is 330 g/mol. The van der Waals surface area contributed by atoms with Crippen LogP contribution in [0.4, 0.5) is 0 Å². The summed E-state index contributed by atoms with van der Waals surface area (Å²) in [6.07, 6.45) is 6.31. The molecule has 2 aromatic carbocycles. The van der Waals surface area contributed by atoms with Crippen molar-refractivity contribution in [1.29, 1.82) is 0 Å². The summed E-state index contributed by atoms with van der Waals surface area (Å²) in [5, 5.41) is 1.27. The monoisotopic (exact) mass is 330 g/mol. The number of nitrogens with one attached hydrogen (secondary N) is 1. The lowest BCUT2D eigenvalue weighted by Gasteiger charge is -2.08. The summed E-state index contributed by atoms with van der Waals surface area (Å²) in [5.74, 6) is 0.905. The van der Waals surface area contributed by atoms with Crippen molar-refractivity contribution in [2.45, 2.75) is 26.4 Å². The normalized spacial score (nSPS) is 12.8. The second kappa shape index (κ2) is 6.98. The smallest absolute Gasteiger partial charge is 0.132 e. The maximum atomic E-state index is 5.89. The van der Waals surface area contributed by atoms with E-state index in [0.717, 1.165) is 30.6 Å². The highest BCUT2D eigenvalue weighted by atomic mass is 16.5. The fourth-order valence-electron chi connectivity index (χ4n) is 3.13. The van der Waals surface area contributed by atoms with Gasteiger partial charge in [-0.15, -0.1) is 0 Å². The number of aromatic nitrogens is 1. The molecule has 1 aromatic heterocycles. The Bertz CT molecular complexity index is 966. The van der Waals surface area contributed by atoms with E-state index in [1.54, 1.807) is 0 Å². The van der Waals surface area contributed by atoms with Crippen LogP contribution in [-0.4, -0.2) is 11.5 Å². The van der Waals surface area contributed by atoms with Crippen molar-refractivity contribution in [1.82, 2.24) is 4.98 Å². The Labute approximate surface area is 147 Å². The zero-order valence-electron chi connectivity index (χ0n) is 14.5. The number of ether oxygens (including phenoxy) is 1. The molecule has 25 heavy (non-hydrogen) atoms. The van der Waals surface area contributed by atoms with Gasteiger partial charge in [0.25, 0.3) is 0 Å². The highest BCUT2D eigenvalue weighted by Gasteiger charge is 2.05. The molecule has 126 valence electrons. The summed E-state index contributed by atoms with van der Waals surface area (Å²) in [6.45, 7) is 3.58. The number of rotatable bonds is 5. The van der Waals surface area contributed by atoms with E-state index >= 15 is 0 Å². The minimum Gasteiger partial charge on any atom is -0.489 e. The lowest BCUT2D eigenvalue weighted by Crippen LogP contribution is -2.28. The molecule has 1 N–H and O–H groups in total. The predicted octanol–water partition coefficient (Wildman–Crippen LogP) is 3.30. The van der Waals surface area contributed by atoms with E-state index in [2.05, 4.69) is 77.7 Å². The van der Waals surface area contributed by atoms with E-state index in [1.807, 2.05) is 0 Å². The zero-order chi connectivity index (χ0) is 17.1. The number of aryl methyl sites for hydroxylation is 1. The predicted molar refractivity (Wildman–Crippen MR) is 100 cm³/mol. The first-order valence-corrected chi connectivity index (χ1v) is 8.76. The summed E-state index contributed by atoms with van der Waals surface area (Å²) in [7, 11) is 0. The van der Waals surface area contributed by atoms with Gasteiger partial charge in [-0.2, -0.15) is 0 Å². The molecule has 0 aliphatic carbocycles. The quantitative estimate of drug-likeness (QED) is 0.766. The molecule has 0 radical (unpaired) electrons. The Balaban J connectivity index is 1.42. The molecule has 3 heteroatoms. The number of nitrogens with zero attached hydrogens (tertiary/aromatic N) is 1. The Morgan fingerprint density at radius 2 is 1.76 bits per heavy atom. The van der Waals surface area contributed by atoms with E-state index in [0.29, 0.717) is 6.61 Å². The molecule has 4 rings (SSSR count). The molecule has 0 atom stereocenters. The van der Waals surface area contributed by atoms with Crippen LogP contribution in [0.2, 0.25) is 0 Å². The SMILES string of the molecule is Cc1ccc(COc2ccc(Cc3c[nH]c4c3=CCCN=4)cc2)cc1. The Morgan fingerprint density at radius 3 is 2.56 bits per heavy atom. The molecule has 1 aliphatic rings. The van der Waals surface area contributed by atoms with Gasteiger partial charge < -0.3 is 9.72 Å². The molecule has 0 bridgehead atoms. The Hall–Kier alpha value is -2.81. The molecule has 3 nitrogen and oxygen atoms in total. The third kappa shape index (κ3) is 3.66. The van der Waals surface area contributed by atoms with Crippen LogP contribution in [0.25, 0.3) is 6.08 Å². The lowest BCUT2D eigenvalue weighted by atomic mass is 10.1. The Morgan fingerprint density at radius 1 is 1.00 bits per heavy atom. The van der Waals surface area contributed by atoms with Gasteiger partial charge in [0, 0.05) is 18.0 Å². The van der Waals surface area contributed by atoms with E-state index < -0.39 is 0 Å². The van der Waals surface area contributed by atoms with Crippen molar-refractivity contribution in [3.05, 3.63) is 87.7 Å². The van der Waals surface area contributed by atoms with Crippen LogP contribution in [-0.2, 0) is 13.0 Å². The Kier molecular flexibility index (Phi) is 4.38. The molecule has 3 aromatic rings. The topological polar surface area (TPSA) is 37.4 Å². The van der Waals surface area contributed by atoms with E-state index in [9.17, 15) is 0 Å². The number of aromatic amines is 1. The van der Waals surface area contributed by atoms with Gasteiger partial charge in [0.2, 0.25) is 0 Å². The molecular formula is C22H22N2O. The zero-order valence-corrected chi connectivity index (χ0v) is 14.5. The molecule has 0 amide bonds. The van der Waals surface area contributed by atoms with Crippen LogP contribution in [0.3, 0.4) is 0 Å². The maximum Gasteiger partial charge on any atom is 0.132 e. The highest BCUT2D eigenvalue weighted by Crippen LogP contribution is 2.16. The molecule has 0 unspecified atom stereocenters. The van der Waals surface area contributed by atoms with Crippen molar-refractivity contribution in [2.75, 3.05) is 6.54 Å². The molecule has 0 saturated carbocycles. The summed E-state index contributed by atoms with van der Waals surface area (Å²) in [4.78, 5) is 7.80. The largest absolute Gasteiger partial charge is 0.489 e. The van der Waals surface area contributed by atoms with Crippen LogP contribution in [0.15, 0.2) is 59.7 Å². The summed E-state index contributed by atoms with van der Waals surface area (Å²) >= 11 is 0. The molecule has 0 saturated heterocycles. The lowest BCUT2D eigenvalue weighted by molar-refractivity contribution is 0.306. The second-order valence-corrected chi connectivity index (χ2v) is 6.55. The molecule has 2 heterocycles. The second-order valence-electron chi connectivity index (χ2n) is 6.55. The third-order valence-electron chi connectivity index (χ3n) is 4.58. The molecule has 0 spiro atoms. The number of hydrogen-bond acceptors (Lipinski definition) is 2. The van der Waals surface area contributed by atoms with Gasteiger partial charge in [0.05, 0.1) is 0 Å². The van der Waals surface area contributed by atoms with Crippen molar-refractivity contribution in [3.63, 3.8) is 0 Å². The van der Waals surface area contributed by atoms with Gasteiger partial charge in [0.15, 0.2) is 0 Å². The molecular weight excluding hydrogens is 308 g/mol. The van der Waals surface area contributed by atoms with E-state index in [1.165, 1.54) is 27.5 Å². The van der Waals surface area contributed by atoms with Crippen molar-refractivity contribution in [3.8, 4) is 5.75 Å². The number of H-pyrrole nitrogens is 1. The minimum atomic E-state index is 0.599. The van der Waals surface area contributed by atoms with Gasteiger partial charge in [0.1, 0.15) is 17.8 Å². The fraction of sp³-hybridized carbons (Fsp3) is 0.227. The molecule has 0 fully saturated rings. The van der Waals surface area contributed by atoms with Crippen LogP contribution in [0, 0.1) is 6.92 Å². The van der Waals surface area contributed by atoms with E-state index in [-0.39, 0.29) is 0 Å². The molecule has 1 aliphatic heterocycles. The van der Waals surface area contributed by atoms with E-state index in [4.69, 9.17) is 4.74 Å². The van der Waals surface area contributed by atoms with Crippen LogP contribution in [0.5, 0.6) is 5.75 Å². The van der Waals surface area contributed by atoms with Gasteiger partial charge in [-0.05, 0) is 48.6 Å². The number of hydrogen-bond donors (Lipinski definition) is 1. The third-order valence-corrected chi connectivity index (χ3v) is 4.58. The van der Waals surface area contributed by atoms with Crippen molar-refractivity contribution < 1.29 is 4.74 Å². The van der Waals surface area contributed by atoms with Gasteiger partial charge in [-0.25, -0.2) is 0 Å². The highest BCUT2D eigenvalue weighted by molar-refractivity contribution is 5.35. The summed E-state index contributed by atoms with van der Waals surface area (Å²) in [5.41, 5.74) is 6.08. The standard InChI is InChI=1S/C22H22N2O/c1-16-4-6-18(7-5-16)15-25-20-10-8-17(9-11-20)13-19-14-24-22-21(19)3-2-12-23-22/h3-11,14H,2,12-13,15H2,1H3,(H,23,24). The average Bonchev–Trinajstić information content (AvgIpc) is 3.06. The first kappa shape index (κ1) is 15.7. The van der Waals surface area contributed by atoms with Crippen LogP contribution >= 0.6 is 0 Å². The fourth-order valence-corrected chi connectivity index (χ4v) is 3.13. The van der Waals surface area contributed by atoms with Crippen LogP contribution < -0.4 is 15.4 Å². The first-order chi connectivity index (χ1) is 12.3. The van der Waals surface area contributed by atoms with Crippen LogP contribution in [0.1, 0.15) is 28.7 Å². The number of fused-ring (bicyclic) bond motifs is 1. The minimum absolute atomic E-state index is 0.599. The summed E-state index contributed by atoms with van der Waals surface area (Å²) < 4.78 is 5.89. The maximum absolute atomic E-state index is 5.89.